The zero-order chi connectivity index (χ0) is 28.2. The van der Waals surface area contributed by atoms with Crippen LogP contribution in [0, 0.1) is 0 Å². The lowest BCUT2D eigenvalue weighted by atomic mass is 9.95. The van der Waals surface area contributed by atoms with Crippen molar-refractivity contribution in [2.45, 2.75) is 69.2 Å². The van der Waals surface area contributed by atoms with Crippen LogP contribution in [0.15, 0.2) is 30.9 Å². The molecular formula is C26H33ClN8O5. The maximum absolute atomic E-state index is 12.5. The van der Waals surface area contributed by atoms with E-state index in [1.165, 1.54) is 30.7 Å². The lowest BCUT2D eigenvalue weighted by molar-refractivity contribution is -0.134. The minimum atomic E-state index is -1.16. The van der Waals surface area contributed by atoms with Crippen LogP contribution < -0.4 is 26.4 Å². The summed E-state index contributed by atoms with van der Waals surface area (Å²) in [5, 5.41) is 19.9. The first-order valence-electron chi connectivity index (χ1n) is 13.3. The molecule has 14 heteroatoms. The third kappa shape index (κ3) is 5.97. The second kappa shape index (κ2) is 12.3. The Labute approximate surface area is 235 Å². The zero-order valence-electron chi connectivity index (χ0n) is 22.0. The molecule has 1 aromatic carbocycles. The Kier molecular flexibility index (Phi) is 8.64. The van der Waals surface area contributed by atoms with E-state index in [1.807, 2.05) is 0 Å². The standard InChI is InChI=1S/C26H33ClN8O5/c1-29-25(38)22-19(28)21(37)26(40-22)35-13-33-20-23(31-12-32-24(20)35)30-10-14-9-15(27)7-8-17(14)39-11-18(36)34-16-5-3-2-4-6-16/h7-9,12-13,16,19,21-22,26,37H,2-6,10-11,28H2,1H3,(H,29,38)(H,34,36)(H,30,31,32)/t19-,21+,22-,26+/m0/s1. The highest BCUT2D eigenvalue weighted by Gasteiger charge is 2.46. The largest absolute Gasteiger partial charge is 0.483 e. The van der Waals surface area contributed by atoms with E-state index in [0.29, 0.717) is 27.8 Å². The van der Waals surface area contributed by atoms with E-state index in [0.717, 1.165) is 31.2 Å². The Morgan fingerprint density at radius 2 is 2.02 bits per heavy atom. The summed E-state index contributed by atoms with van der Waals surface area (Å²) in [7, 11) is 1.47. The molecule has 214 valence electrons. The number of anilines is 1. The molecule has 1 aliphatic carbocycles. The highest BCUT2D eigenvalue weighted by molar-refractivity contribution is 6.30. The quantitative estimate of drug-likeness (QED) is 0.250. The maximum atomic E-state index is 12.5. The van der Waals surface area contributed by atoms with Gasteiger partial charge in [0.2, 0.25) is 0 Å². The van der Waals surface area contributed by atoms with Gasteiger partial charge in [-0.05, 0) is 31.0 Å². The van der Waals surface area contributed by atoms with Crippen LogP contribution in [-0.2, 0) is 20.9 Å². The summed E-state index contributed by atoms with van der Waals surface area (Å²) in [5.41, 5.74) is 7.56. The fourth-order valence-corrected chi connectivity index (χ4v) is 5.33. The molecule has 2 aliphatic rings. The van der Waals surface area contributed by atoms with Gasteiger partial charge in [0, 0.05) is 30.2 Å². The van der Waals surface area contributed by atoms with Crippen LogP contribution in [0.2, 0.25) is 5.02 Å². The van der Waals surface area contributed by atoms with Gasteiger partial charge in [-0.15, -0.1) is 0 Å². The number of benzene rings is 1. The Bertz CT molecular complexity index is 1360. The predicted octanol–water partition coefficient (Wildman–Crippen LogP) is 1.25. The van der Waals surface area contributed by atoms with Gasteiger partial charge in [-0.1, -0.05) is 30.9 Å². The molecule has 40 heavy (non-hydrogen) atoms. The van der Waals surface area contributed by atoms with E-state index in [1.54, 1.807) is 18.2 Å². The molecule has 2 fully saturated rings. The second-order valence-electron chi connectivity index (χ2n) is 9.97. The predicted molar refractivity (Wildman–Crippen MR) is 147 cm³/mol. The lowest BCUT2D eigenvalue weighted by Crippen LogP contribution is -2.46. The molecule has 6 N–H and O–H groups in total. The molecule has 1 saturated heterocycles. The fourth-order valence-electron chi connectivity index (χ4n) is 5.13. The Morgan fingerprint density at radius 1 is 1.23 bits per heavy atom. The number of halogens is 1. The van der Waals surface area contributed by atoms with E-state index in [2.05, 4.69) is 30.9 Å². The molecule has 5 rings (SSSR count). The summed E-state index contributed by atoms with van der Waals surface area (Å²) in [6.45, 7) is 0.168. The number of hydrogen-bond donors (Lipinski definition) is 5. The lowest BCUT2D eigenvalue weighted by Gasteiger charge is -2.23. The Hall–Kier alpha value is -3.52. The summed E-state index contributed by atoms with van der Waals surface area (Å²) in [6, 6.07) is 4.46. The number of hydrogen-bond acceptors (Lipinski definition) is 10. The number of ether oxygens (including phenoxy) is 2. The SMILES string of the molecule is CNC(=O)[C@H]1O[C@@H](n2cnc3c(NCc4cc(Cl)ccc4OCC(=O)NC4CCCCC4)ncnc32)[C@H](O)[C@@H]1N. The van der Waals surface area contributed by atoms with E-state index in [9.17, 15) is 14.7 Å². The van der Waals surface area contributed by atoms with Gasteiger partial charge in [0.15, 0.2) is 35.9 Å². The molecule has 0 unspecified atom stereocenters. The molecule has 3 aromatic rings. The highest BCUT2D eigenvalue weighted by atomic mass is 35.5. The van der Waals surface area contributed by atoms with Gasteiger partial charge < -0.3 is 36.3 Å². The summed E-state index contributed by atoms with van der Waals surface area (Å²) < 4.78 is 13.1. The summed E-state index contributed by atoms with van der Waals surface area (Å²) in [4.78, 5) is 37.6. The van der Waals surface area contributed by atoms with Crippen molar-refractivity contribution in [3.05, 3.63) is 41.4 Å². The van der Waals surface area contributed by atoms with Crippen LogP contribution in [0.5, 0.6) is 5.75 Å². The van der Waals surface area contributed by atoms with Crippen molar-refractivity contribution in [3.8, 4) is 5.75 Å². The molecule has 4 atom stereocenters. The van der Waals surface area contributed by atoms with Crippen LogP contribution in [0.25, 0.3) is 11.2 Å². The van der Waals surface area contributed by atoms with Gasteiger partial charge in [0.05, 0.1) is 12.4 Å². The van der Waals surface area contributed by atoms with Crippen LogP contribution in [-0.4, -0.2) is 74.4 Å². The number of fused-ring (bicyclic) bond motifs is 1. The van der Waals surface area contributed by atoms with Gasteiger partial charge in [-0.3, -0.25) is 14.2 Å². The fraction of sp³-hybridized carbons (Fsp3) is 0.500. The summed E-state index contributed by atoms with van der Waals surface area (Å²) >= 11 is 6.25. The van der Waals surface area contributed by atoms with Crippen molar-refractivity contribution < 1.29 is 24.2 Å². The number of likely N-dealkylation sites (N-methyl/N-ethyl adjacent to an activating group) is 1. The number of carbonyl (C=O) groups excluding carboxylic acids is 2. The molecule has 0 spiro atoms. The molecule has 2 amide bonds. The topological polar surface area (TPSA) is 179 Å². The highest BCUT2D eigenvalue weighted by Crippen LogP contribution is 2.32. The van der Waals surface area contributed by atoms with Gasteiger partial charge in [0.1, 0.15) is 18.2 Å². The average molecular weight is 573 g/mol. The Balaban J connectivity index is 1.28. The van der Waals surface area contributed by atoms with Crippen molar-refractivity contribution in [3.63, 3.8) is 0 Å². The molecule has 1 aliphatic heterocycles. The van der Waals surface area contributed by atoms with Gasteiger partial charge in [-0.25, -0.2) is 15.0 Å². The molecule has 3 heterocycles. The smallest absolute Gasteiger partial charge is 0.258 e. The van der Waals surface area contributed by atoms with Gasteiger partial charge in [-0.2, -0.15) is 0 Å². The van der Waals surface area contributed by atoms with E-state index < -0.39 is 30.4 Å². The third-order valence-electron chi connectivity index (χ3n) is 7.26. The normalized spacial score (nSPS) is 23.2. The maximum Gasteiger partial charge on any atom is 0.258 e. The number of amides is 2. The van der Waals surface area contributed by atoms with Gasteiger partial charge in [0.25, 0.3) is 11.8 Å². The molecule has 0 bridgehead atoms. The number of imidazole rings is 1. The number of aromatic nitrogens is 4. The first-order chi connectivity index (χ1) is 19.4. The number of carbonyl (C=O) groups is 2. The van der Waals surface area contributed by atoms with Crippen molar-refractivity contribution in [2.75, 3.05) is 19.0 Å². The number of nitrogens with zero attached hydrogens (tertiary/aromatic N) is 4. The number of rotatable bonds is 9. The first kappa shape index (κ1) is 28.0. The second-order valence-corrected chi connectivity index (χ2v) is 10.4. The summed E-state index contributed by atoms with van der Waals surface area (Å²) in [5.74, 6) is 0.354. The van der Waals surface area contributed by atoms with Gasteiger partial charge >= 0.3 is 0 Å². The number of nitrogens with one attached hydrogen (secondary N) is 3. The van der Waals surface area contributed by atoms with E-state index in [4.69, 9.17) is 26.8 Å². The van der Waals surface area contributed by atoms with Crippen LogP contribution in [0.1, 0.15) is 43.9 Å². The van der Waals surface area contributed by atoms with Crippen LogP contribution >= 0.6 is 11.6 Å². The van der Waals surface area contributed by atoms with Crippen LogP contribution in [0.3, 0.4) is 0 Å². The van der Waals surface area contributed by atoms with Crippen molar-refractivity contribution in [2.24, 2.45) is 5.73 Å². The number of aliphatic hydroxyl groups is 1. The van der Waals surface area contributed by atoms with Crippen molar-refractivity contribution >= 4 is 40.4 Å². The third-order valence-corrected chi connectivity index (χ3v) is 7.49. The average Bonchev–Trinajstić information content (AvgIpc) is 3.52. The first-order valence-corrected chi connectivity index (χ1v) is 13.7. The molecule has 13 nitrogen and oxygen atoms in total. The molecular weight excluding hydrogens is 540 g/mol. The van der Waals surface area contributed by atoms with E-state index in [-0.39, 0.29) is 25.1 Å². The van der Waals surface area contributed by atoms with Crippen LogP contribution in [0.4, 0.5) is 5.82 Å². The zero-order valence-corrected chi connectivity index (χ0v) is 22.8. The summed E-state index contributed by atoms with van der Waals surface area (Å²) in [6.07, 6.45) is 5.14. The van der Waals surface area contributed by atoms with Crippen molar-refractivity contribution in [1.29, 1.82) is 0 Å². The molecule has 1 saturated carbocycles. The number of aliphatic hydroxyl groups excluding tert-OH is 1. The molecule has 2 aromatic heterocycles. The minimum absolute atomic E-state index is 0.101. The monoisotopic (exact) mass is 572 g/mol. The Morgan fingerprint density at radius 3 is 2.80 bits per heavy atom. The minimum Gasteiger partial charge on any atom is -0.483 e. The van der Waals surface area contributed by atoms with Crippen molar-refractivity contribution in [1.82, 2.24) is 30.2 Å². The number of nitrogens with two attached hydrogens (primary N) is 1. The van der Waals surface area contributed by atoms with E-state index >= 15 is 0 Å². The molecule has 0 radical (unpaired) electrons.